The Morgan fingerprint density at radius 2 is 1.86 bits per heavy atom. The molecule has 3 fully saturated rings. The van der Waals surface area contributed by atoms with E-state index in [1.165, 1.54) is 44.1 Å². The van der Waals surface area contributed by atoms with Crippen molar-refractivity contribution < 1.29 is 22.7 Å². The second-order valence-electron chi connectivity index (χ2n) is 15.3. The van der Waals surface area contributed by atoms with Crippen LogP contribution in [-0.2, 0) is 26.2 Å². The molecular formula is C39H50N4O5S. The Labute approximate surface area is 290 Å². The fourth-order valence-corrected chi connectivity index (χ4v) is 11.0. The van der Waals surface area contributed by atoms with Crippen LogP contribution in [0.5, 0.6) is 5.75 Å². The molecule has 0 bridgehead atoms. The van der Waals surface area contributed by atoms with Crippen LogP contribution < -0.4 is 14.8 Å². The predicted octanol–water partition coefficient (Wildman–Crippen LogP) is 5.97. The Morgan fingerprint density at radius 3 is 2.61 bits per heavy atom. The number of hydrogen-bond donors (Lipinski definition) is 2. The number of rotatable bonds is 7. The molecule has 2 aliphatic heterocycles. The summed E-state index contributed by atoms with van der Waals surface area (Å²) >= 11 is 0. The lowest BCUT2D eigenvalue weighted by atomic mass is 9.75. The van der Waals surface area contributed by atoms with Crippen LogP contribution in [0.1, 0.15) is 107 Å². The zero-order valence-electron chi connectivity index (χ0n) is 29.0. The van der Waals surface area contributed by atoms with Crippen LogP contribution in [0, 0.1) is 5.92 Å². The van der Waals surface area contributed by atoms with Gasteiger partial charge in [-0.3, -0.25) is 9.59 Å². The molecule has 9 nitrogen and oxygen atoms in total. The molecule has 1 aromatic carbocycles. The Balaban J connectivity index is 1.26. The quantitative estimate of drug-likeness (QED) is 0.372. The first-order valence-corrected chi connectivity index (χ1v) is 20.3. The number of hydrogen-bond acceptors (Lipinski definition) is 6. The van der Waals surface area contributed by atoms with E-state index < -0.39 is 15.9 Å². The van der Waals surface area contributed by atoms with Gasteiger partial charge in [0.2, 0.25) is 15.9 Å². The number of carbonyl (C=O) groups is 2. The van der Waals surface area contributed by atoms with Gasteiger partial charge in [-0.15, -0.1) is 0 Å². The summed E-state index contributed by atoms with van der Waals surface area (Å²) in [6.07, 6.45) is 17.0. The lowest BCUT2D eigenvalue weighted by Gasteiger charge is -2.47. The van der Waals surface area contributed by atoms with Crippen molar-refractivity contribution in [1.29, 1.82) is 0 Å². The molecule has 2 aromatic rings. The molecule has 2 amide bonds. The van der Waals surface area contributed by atoms with E-state index in [1.54, 1.807) is 14.0 Å². The van der Waals surface area contributed by atoms with Crippen LogP contribution >= 0.6 is 0 Å². The summed E-state index contributed by atoms with van der Waals surface area (Å²) in [5, 5.41) is 4.84. The van der Waals surface area contributed by atoms with E-state index in [2.05, 4.69) is 49.9 Å². The minimum atomic E-state index is -3.75. The van der Waals surface area contributed by atoms with Gasteiger partial charge in [0.15, 0.2) is 0 Å². The molecule has 3 heterocycles. The molecule has 1 spiro atoms. The Hall–Kier alpha value is -3.37. The average molecular weight is 687 g/mol. The second-order valence-corrected chi connectivity index (χ2v) is 17.1. The van der Waals surface area contributed by atoms with Crippen LogP contribution in [0.3, 0.4) is 0 Å². The fraction of sp³-hybridized carbons (Fsp3) is 0.590. The van der Waals surface area contributed by atoms with E-state index in [1.807, 2.05) is 0 Å². The van der Waals surface area contributed by atoms with Gasteiger partial charge < -0.3 is 19.5 Å². The smallest absolute Gasteiger partial charge is 0.265 e. The van der Waals surface area contributed by atoms with Crippen molar-refractivity contribution in [2.45, 2.75) is 108 Å². The van der Waals surface area contributed by atoms with E-state index in [0.29, 0.717) is 37.4 Å². The second kappa shape index (κ2) is 12.7. The molecule has 49 heavy (non-hydrogen) atoms. The van der Waals surface area contributed by atoms with Crippen LogP contribution in [0.4, 0.5) is 0 Å². The van der Waals surface area contributed by atoms with Gasteiger partial charge in [-0.2, -0.15) is 0 Å². The number of nitrogens with zero attached hydrogens (tertiary/aromatic N) is 2. The van der Waals surface area contributed by atoms with Crippen LogP contribution in [0.15, 0.2) is 52.6 Å². The number of ether oxygens (including phenoxy) is 1. The number of benzene rings is 1. The summed E-state index contributed by atoms with van der Waals surface area (Å²) in [5.74, 6) is 0.166. The maximum atomic E-state index is 14.8. The van der Waals surface area contributed by atoms with Crippen molar-refractivity contribution in [3.63, 3.8) is 0 Å². The van der Waals surface area contributed by atoms with E-state index in [4.69, 9.17) is 4.74 Å². The van der Waals surface area contributed by atoms with Gasteiger partial charge in [0.1, 0.15) is 5.75 Å². The van der Waals surface area contributed by atoms with Gasteiger partial charge in [0.05, 0.1) is 29.9 Å². The molecule has 2 atom stereocenters. The molecule has 10 heteroatoms. The monoisotopic (exact) mass is 686 g/mol. The van der Waals surface area contributed by atoms with E-state index in [9.17, 15) is 18.0 Å². The number of fused-ring (bicyclic) bond motifs is 6. The third-order valence-corrected chi connectivity index (χ3v) is 13.7. The summed E-state index contributed by atoms with van der Waals surface area (Å²) < 4.78 is 36.1. The predicted molar refractivity (Wildman–Crippen MR) is 191 cm³/mol. The first-order valence-electron chi connectivity index (χ1n) is 18.7. The molecule has 0 radical (unpaired) electrons. The number of methoxy groups -OCH3 is 1. The van der Waals surface area contributed by atoms with Crippen LogP contribution in [0.2, 0.25) is 0 Å². The van der Waals surface area contributed by atoms with Gasteiger partial charge in [0, 0.05) is 48.7 Å². The molecule has 262 valence electrons. The van der Waals surface area contributed by atoms with Gasteiger partial charge in [0.25, 0.3) is 5.91 Å². The maximum Gasteiger partial charge on any atom is 0.265 e. The standard InChI is InChI=1S/C39H50N4O5S/c1-3-21-49(46,47)41-37(44)35-30-23-43-31(22-29-32(48-2)16-15-26(36(29)43)25-11-6-4-7-12-25)33-27(34(30)35)13-10-14-28(33)38(45)42-20-19-40-39(24-42)17-8-5-9-18-39/h10,13,15-16,22,25,28,33,40H,3-9,11-12,14,17-21,23-24H2,1-2H3,(H,41,44)/t28-,33?/m1/s1. The number of amides is 2. The van der Waals surface area contributed by atoms with Gasteiger partial charge in [-0.1, -0.05) is 63.7 Å². The minimum absolute atomic E-state index is 0.000960. The maximum absolute atomic E-state index is 14.8. The first kappa shape index (κ1) is 32.8. The van der Waals surface area contributed by atoms with E-state index in [-0.39, 0.29) is 29.0 Å². The summed E-state index contributed by atoms with van der Waals surface area (Å²) in [6.45, 7) is 4.48. The molecule has 1 aromatic heterocycles. The van der Waals surface area contributed by atoms with Crippen molar-refractivity contribution in [3.8, 4) is 5.75 Å². The van der Waals surface area contributed by atoms with Crippen molar-refractivity contribution in [2.75, 3.05) is 32.5 Å². The molecule has 2 saturated carbocycles. The Bertz CT molecular complexity index is 1880. The lowest BCUT2D eigenvalue weighted by Crippen LogP contribution is -2.63. The van der Waals surface area contributed by atoms with E-state index in [0.717, 1.165) is 77.8 Å². The fourth-order valence-electron chi connectivity index (χ4n) is 9.96. The summed E-state index contributed by atoms with van der Waals surface area (Å²) in [5.41, 5.74) is 6.66. The molecule has 6 aliphatic rings. The van der Waals surface area contributed by atoms with Crippen molar-refractivity contribution in [2.24, 2.45) is 5.92 Å². The molecule has 4 aliphatic carbocycles. The van der Waals surface area contributed by atoms with Gasteiger partial charge in [-0.05, 0) is 78.9 Å². The zero-order valence-corrected chi connectivity index (χ0v) is 29.8. The summed E-state index contributed by atoms with van der Waals surface area (Å²) in [7, 11) is -2.04. The largest absolute Gasteiger partial charge is 0.496 e. The van der Waals surface area contributed by atoms with Crippen LogP contribution in [-0.4, -0.2) is 67.7 Å². The molecular weight excluding hydrogens is 637 g/mol. The third kappa shape index (κ3) is 5.76. The normalized spacial score (nSPS) is 25.1. The summed E-state index contributed by atoms with van der Waals surface area (Å²) in [4.78, 5) is 30.7. The average Bonchev–Trinajstić information content (AvgIpc) is 3.74. The highest BCUT2D eigenvalue weighted by Gasteiger charge is 2.49. The van der Waals surface area contributed by atoms with Crippen molar-refractivity contribution in [3.05, 3.63) is 63.9 Å². The Morgan fingerprint density at radius 1 is 1.08 bits per heavy atom. The highest BCUT2D eigenvalue weighted by atomic mass is 32.2. The van der Waals surface area contributed by atoms with Gasteiger partial charge in [-0.25, -0.2) is 13.1 Å². The number of piperazine rings is 1. The third-order valence-electron chi connectivity index (χ3n) is 12.2. The number of aromatic nitrogens is 1. The lowest BCUT2D eigenvalue weighted by molar-refractivity contribution is -0.138. The van der Waals surface area contributed by atoms with Crippen molar-refractivity contribution >= 4 is 32.7 Å². The highest BCUT2D eigenvalue weighted by Crippen LogP contribution is 2.55. The SMILES string of the molecule is CCCS(=O)(=O)NC(=O)C1=C2Cn3c(cc4c(OC)ccc(C5CCCCC5)c43)C3C(=C21)C=CC[C@H]3C(=O)N1CCNC2(CCCCC2)C1. The Kier molecular flexibility index (Phi) is 8.54. The van der Waals surface area contributed by atoms with Crippen LogP contribution in [0.25, 0.3) is 10.9 Å². The highest BCUT2D eigenvalue weighted by molar-refractivity contribution is 7.90. The zero-order chi connectivity index (χ0) is 33.9. The minimum Gasteiger partial charge on any atom is -0.496 e. The molecule has 1 unspecified atom stereocenters. The number of nitrogens with one attached hydrogen (secondary N) is 2. The molecule has 1 saturated heterocycles. The topological polar surface area (TPSA) is 110 Å². The molecule has 8 rings (SSSR count). The van der Waals surface area contributed by atoms with Gasteiger partial charge >= 0.3 is 0 Å². The summed E-state index contributed by atoms with van der Waals surface area (Å²) in [6, 6.07) is 6.57. The van der Waals surface area contributed by atoms with Crippen molar-refractivity contribution in [1.82, 2.24) is 19.5 Å². The number of sulfonamides is 1. The molecule has 2 N–H and O–H groups in total. The number of allylic oxidation sites excluding steroid dienone is 4. The first-order chi connectivity index (χ1) is 23.7. The number of carbonyl (C=O) groups excluding carboxylic acids is 2. The van der Waals surface area contributed by atoms with E-state index >= 15 is 0 Å².